The molecule has 16 heavy (non-hydrogen) atoms. The number of ether oxygens (including phenoxy) is 1. The Hall–Kier alpha value is -1.29. The van der Waals surface area contributed by atoms with Crippen LogP contribution in [0.3, 0.4) is 0 Å². The van der Waals surface area contributed by atoms with E-state index in [1.54, 1.807) is 13.3 Å². The Kier molecular flexibility index (Phi) is 3.62. The number of nitrogens with zero attached hydrogens (tertiary/aromatic N) is 1. The van der Waals surface area contributed by atoms with E-state index in [2.05, 4.69) is 10.3 Å². The summed E-state index contributed by atoms with van der Waals surface area (Å²) in [5.74, 6) is 0.983. The van der Waals surface area contributed by atoms with Gasteiger partial charge < -0.3 is 15.2 Å². The summed E-state index contributed by atoms with van der Waals surface area (Å²) in [6.07, 6.45) is 4.75. The predicted molar refractivity (Wildman–Crippen MR) is 62.6 cm³/mol. The van der Waals surface area contributed by atoms with Gasteiger partial charge in [-0.3, -0.25) is 0 Å². The van der Waals surface area contributed by atoms with Gasteiger partial charge in [-0.15, -0.1) is 0 Å². The van der Waals surface area contributed by atoms with Crippen LogP contribution >= 0.6 is 0 Å². The van der Waals surface area contributed by atoms with E-state index in [0.29, 0.717) is 11.8 Å². The van der Waals surface area contributed by atoms with Gasteiger partial charge in [-0.05, 0) is 18.9 Å². The average molecular weight is 222 g/mol. The highest BCUT2D eigenvalue weighted by atomic mass is 16.5. The Morgan fingerprint density at radius 2 is 2.44 bits per heavy atom. The smallest absolute Gasteiger partial charge is 0.214 e. The minimum atomic E-state index is -0.142. The number of hydrogen-bond acceptors (Lipinski definition) is 4. The first kappa shape index (κ1) is 11.2. The van der Waals surface area contributed by atoms with Crippen LogP contribution < -0.4 is 10.1 Å². The fraction of sp³-hybridized carbons (Fsp3) is 0.583. The first-order chi connectivity index (χ1) is 7.79. The predicted octanol–water partition coefficient (Wildman–Crippen LogP) is 1.66. The minimum Gasteiger partial charge on any atom is -0.481 e. The molecule has 2 unspecified atom stereocenters. The summed E-state index contributed by atoms with van der Waals surface area (Å²) in [5.41, 5.74) is 0.992. The lowest BCUT2D eigenvalue weighted by Crippen LogP contribution is -2.21. The maximum Gasteiger partial charge on any atom is 0.214 e. The number of pyridine rings is 1. The number of aromatic nitrogens is 1. The lowest BCUT2D eigenvalue weighted by molar-refractivity contribution is 0.138. The SMILES string of the molecule is COc1cc(NCC2CCCC2O)ccn1. The molecule has 0 spiro atoms. The molecule has 0 amide bonds. The quantitative estimate of drug-likeness (QED) is 0.813. The molecular weight excluding hydrogens is 204 g/mol. The summed E-state index contributed by atoms with van der Waals surface area (Å²) in [6.45, 7) is 0.814. The molecule has 2 atom stereocenters. The second-order valence-electron chi connectivity index (χ2n) is 4.23. The molecule has 1 aromatic heterocycles. The number of rotatable bonds is 4. The Bertz CT molecular complexity index is 344. The van der Waals surface area contributed by atoms with Gasteiger partial charge in [0.25, 0.3) is 0 Å². The molecule has 0 aromatic carbocycles. The molecule has 4 nitrogen and oxygen atoms in total. The summed E-state index contributed by atoms with van der Waals surface area (Å²) >= 11 is 0. The van der Waals surface area contributed by atoms with Crippen molar-refractivity contribution in [2.24, 2.45) is 5.92 Å². The fourth-order valence-electron chi connectivity index (χ4n) is 2.14. The molecule has 0 bridgehead atoms. The molecule has 1 saturated carbocycles. The van der Waals surface area contributed by atoms with E-state index in [4.69, 9.17) is 4.74 Å². The number of nitrogens with one attached hydrogen (secondary N) is 1. The van der Waals surface area contributed by atoms with E-state index in [0.717, 1.165) is 31.5 Å². The maximum atomic E-state index is 9.69. The standard InChI is InChI=1S/C12H18N2O2/c1-16-12-7-10(5-6-13-12)14-8-9-3-2-4-11(9)15/h5-7,9,11,15H,2-4,8H2,1H3,(H,13,14). The van der Waals surface area contributed by atoms with Crippen LogP contribution in [0.25, 0.3) is 0 Å². The molecule has 1 heterocycles. The van der Waals surface area contributed by atoms with Gasteiger partial charge in [0.1, 0.15) is 0 Å². The molecule has 4 heteroatoms. The van der Waals surface area contributed by atoms with Gasteiger partial charge in [0.05, 0.1) is 13.2 Å². The van der Waals surface area contributed by atoms with Gasteiger partial charge in [-0.1, -0.05) is 6.42 Å². The summed E-state index contributed by atoms with van der Waals surface area (Å²) in [6, 6.07) is 3.77. The third-order valence-corrected chi connectivity index (χ3v) is 3.13. The first-order valence-electron chi connectivity index (χ1n) is 5.71. The molecule has 0 saturated heterocycles. The molecule has 0 radical (unpaired) electrons. The molecule has 1 aliphatic carbocycles. The van der Waals surface area contributed by atoms with E-state index in [9.17, 15) is 5.11 Å². The van der Waals surface area contributed by atoms with Crippen LogP contribution in [-0.2, 0) is 0 Å². The van der Waals surface area contributed by atoms with Gasteiger partial charge in [0.2, 0.25) is 5.88 Å². The summed E-state index contributed by atoms with van der Waals surface area (Å²) in [7, 11) is 1.60. The van der Waals surface area contributed by atoms with E-state index >= 15 is 0 Å². The summed E-state index contributed by atoms with van der Waals surface area (Å²) in [4.78, 5) is 4.04. The molecule has 1 fully saturated rings. The van der Waals surface area contributed by atoms with Crippen molar-refractivity contribution in [3.05, 3.63) is 18.3 Å². The number of hydrogen-bond donors (Lipinski definition) is 2. The second-order valence-corrected chi connectivity index (χ2v) is 4.23. The third-order valence-electron chi connectivity index (χ3n) is 3.13. The number of aliphatic hydroxyl groups is 1. The Morgan fingerprint density at radius 3 is 3.12 bits per heavy atom. The van der Waals surface area contributed by atoms with Gasteiger partial charge in [0.15, 0.2) is 0 Å². The van der Waals surface area contributed by atoms with E-state index in [1.807, 2.05) is 12.1 Å². The molecule has 2 rings (SSSR count). The topological polar surface area (TPSA) is 54.4 Å². The van der Waals surface area contributed by atoms with Crippen molar-refractivity contribution in [3.63, 3.8) is 0 Å². The van der Waals surface area contributed by atoms with Crippen molar-refractivity contribution in [2.75, 3.05) is 19.0 Å². The summed E-state index contributed by atoms with van der Waals surface area (Å²) < 4.78 is 5.05. The lowest BCUT2D eigenvalue weighted by Gasteiger charge is -2.16. The molecule has 2 N–H and O–H groups in total. The second kappa shape index (κ2) is 5.16. The van der Waals surface area contributed by atoms with Crippen molar-refractivity contribution in [2.45, 2.75) is 25.4 Å². The van der Waals surface area contributed by atoms with Crippen molar-refractivity contribution < 1.29 is 9.84 Å². The highest BCUT2D eigenvalue weighted by Crippen LogP contribution is 2.26. The van der Waals surface area contributed by atoms with Crippen molar-refractivity contribution >= 4 is 5.69 Å². The number of aliphatic hydroxyl groups excluding tert-OH is 1. The van der Waals surface area contributed by atoms with Crippen LogP contribution in [-0.4, -0.2) is 29.8 Å². The normalized spacial score (nSPS) is 24.4. The first-order valence-corrected chi connectivity index (χ1v) is 5.71. The van der Waals surface area contributed by atoms with E-state index < -0.39 is 0 Å². The van der Waals surface area contributed by atoms with Crippen LogP contribution in [0.5, 0.6) is 5.88 Å². The average Bonchev–Trinajstić information content (AvgIpc) is 2.72. The largest absolute Gasteiger partial charge is 0.481 e. The molecule has 88 valence electrons. The highest BCUT2D eigenvalue weighted by Gasteiger charge is 2.24. The fourth-order valence-corrected chi connectivity index (χ4v) is 2.14. The summed E-state index contributed by atoms with van der Waals surface area (Å²) in [5, 5.41) is 13.0. The van der Waals surface area contributed by atoms with Gasteiger partial charge in [-0.2, -0.15) is 0 Å². The molecule has 0 aliphatic heterocycles. The molecule has 1 aromatic rings. The van der Waals surface area contributed by atoms with Crippen molar-refractivity contribution in [3.8, 4) is 5.88 Å². The Labute approximate surface area is 95.7 Å². The Balaban J connectivity index is 1.88. The molecular formula is C12H18N2O2. The zero-order valence-corrected chi connectivity index (χ0v) is 9.52. The highest BCUT2D eigenvalue weighted by molar-refractivity contribution is 5.45. The van der Waals surface area contributed by atoms with E-state index in [1.165, 1.54) is 0 Å². The van der Waals surface area contributed by atoms with Crippen LogP contribution in [0.1, 0.15) is 19.3 Å². The minimum absolute atomic E-state index is 0.142. The molecule has 1 aliphatic rings. The maximum absolute atomic E-state index is 9.69. The van der Waals surface area contributed by atoms with Gasteiger partial charge in [0, 0.05) is 30.4 Å². The van der Waals surface area contributed by atoms with Crippen LogP contribution in [0, 0.1) is 5.92 Å². The Morgan fingerprint density at radius 1 is 1.56 bits per heavy atom. The third kappa shape index (κ3) is 2.64. The van der Waals surface area contributed by atoms with Gasteiger partial charge in [-0.25, -0.2) is 4.98 Å². The van der Waals surface area contributed by atoms with Gasteiger partial charge >= 0.3 is 0 Å². The van der Waals surface area contributed by atoms with Crippen LogP contribution in [0.2, 0.25) is 0 Å². The van der Waals surface area contributed by atoms with Crippen molar-refractivity contribution in [1.82, 2.24) is 4.98 Å². The van der Waals surface area contributed by atoms with E-state index in [-0.39, 0.29) is 6.10 Å². The zero-order valence-electron chi connectivity index (χ0n) is 9.52. The lowest BCUT2D eigenvalue weighted by atomic mass is 10.1. The van der Waals surface area contributed by atoms with Crippen LogP contribution in [0.4, 0.5) is 5.69 Å². The van der Waals surface area contributed by atoms with Crippen molar-refractivity contribution in [1.29, 1.82) is 0 Å². The number of methoxy groups -OCH3 is 1. The number of anilines is 1. The van der Waals surface area contributed by atoms with Crippen LogP contribution in [0.15, 0.2) is 18.3 Å². The monoisotopic (exact) mass is 222 g/mol. The zero-order chi connectivity index (χ0) is 11.4.